The van der Waals surface area contributed by atoms with Gasteiger partial charge in [0.2, 0.25) is 0 Å². The van der Waals surface area contributed by atoms with Crippen LogP contribution in [0.2, 0.25) is 0 Å². The number of rotatable bonds is 10. The minimum absolute atomic E-state index is 0.188. The van der Waals surface area contributed by atoms with Crippen LogP contribution in [0.4, 0.5) is 4.79 Å². The van der Waals surface area contributed by atoms with Crippen molar-refractivity contribution in [1.29, 1.82) is 0 Å². The van der Waals surface area contributed by atoms with E-state index in [1.165, 1.54) is 5.12 Å². The monoisotopic (exact) mass is 586 g/mol. The summed E-state index contributed by atoms with van der Waals surface area (Å²) in [7, 11) is 0. The van der Waals surface area contributed by atoms with E-state index in [0.29, 0.717) is 26.2 Å². The van der Waals surface area contributed by atoms with Crippen molar-refractivity contribution in [1.82, 2.24) is 15.0 Å². The van der Waals surface area contributed by atoms with Crippen LogP contribution >= 0.6 is 0 Å². The number of aliphatic hydroxyl groups is 1. The van der Waals surface area contributed by atoms with Crippen LogP contribution < -0.4 is 5.84 Å². The quantitative estimate of drug-likeness (QED) is 0.0785. The van der Waals surface area contributed by atoms with E-state index in [1.807, 2.05) is 171 Å². The number of carbonyl (C=O) groups is 1. The molecular weight excluding hydrogens is 544 g/mol. The number of hydrazine groups is 2. The van der Waals surface area contributed by atoms with Crippen LogP contribution in [0.15, 0.2) is 152 Å². The molecule has 6 heteroatoms. The highest BCUT2D eigenvalue weighted by molar-refractivity contribution is 5.73. The Morgan fingerprint density at radius 1 is 0.568 bits per heavy atom. The normalized spacial score (nSPS) is 10.9. The van der Waals surface area contributed by atoms with Gasteiger partial charge in [0.05, 0.1) is 0 Å². The molecule has 0 spiro atoms. The van der Waals surface area contributed by atoms with E-state index in [1.54, 1.807) is 4.90 Å². The van der Waals surface area contributed by atoms with Gasteiger partial charge in [0.25, 0.3) is 0 Å². The van der Waals surface area contributed by atoms with Crippen LogP contribution in [-0.4, -0.2) is 39.3 Å². The van der Waals surface area contributed by atoms with E-state index in [9.17, 15) is 9.90 Å². The molecule has 0 aliphatic rings. The van der Waals surface area contributed by atoms with Gasteiger partial charge < -0.3 is 10.0 Å². The average molecular weight is 587 g/mol. The molecule has 0 aliphatic heterocycles. The third kappa shape index (κ3) is 8.20. The maximum Gasteiger partial charge on any atom is 0.349 e. The molecule has 5 aromatic rings. The van der Waals surface area contributed by atoms with Crippen molar-refractivity contribution >= 4 is 6.03 Å². The standard InChI is InChI=1S/C19H26N4O.C19H16O/c1-3-21(4-2)19(24)23(20)22(15-17-11-7-5-8-12-17)16-18-13-9-6-10-14-18;20-19(16-10-4-1-5-11-16,17-12-6-2-7-13-17)18-14-8-3-9-15-18/h5-14H,3-4,15-16,20H2,1-2H3;1-15,20H. The number of hydrogen-bond donors (Lipinski definition) is 2. The van der Waals surface area contributed by atoms with Gasteiger partial charge in [-0.3, -0.25) is 0 Å². The molecule has 226 valence electrons. The van der Waals surface area contributed by atoms with Gasteiger partial charge in [-0.1, -0.05) is 152 Å². The minimum atomic E-state index is -1.12. The summed E-state index contributed by atoms with van der Waals surface area (Å²) in [6, 6.07) is 49.2. The summed E-state index contributed by atoms with van der Waals surface area (Å²) in [4.78, 5) is 14.3. The molecule has 0 unspecified atom stereocenters. The van der Waals surface area contributed by atoms with E-state index >= 15 is 0 Å². The van der Waals surface area contributed by atoms with Gasteiger partial charge >= 0.3 is 6.03 Å². The van der Waals surface area contributed by atoms with Gasteiger partial charge in [-0.25, -0.2) is 10.6 Å². The summed E-state index contributed by atoms with van der Waals surface area (Å²) < 4.78 is 0. The van der Waals surface area contributed by atoms with E-state index in [-0.39, 0.29) is 6.03 Å². The first kappa shape index (κ1) is 32.2. The molecule has 0 aromatic heterocycles. The number of nitrogens with zero attached hydrogens (tertiary/aromatic N) is 3. The summed E-state index contributed by atoms with van der Waals surface area (Å²) in [6.07, 6.45) is 0. The molecular formula is C38H42N4O2. The lowest BCUT2D eigenvalue weighted by Crippen LogP contribution is -2.55. The molecule has 0 radical (unpaired) electrons. The lowest BCUT2D eigenvalue weighted by atomic mass is 9.80. The van der Waals surface area contributed by atoms with Crippen molar-refractivity contribution in [2.45, 2.75) is 32.5 Å². The van der Waals surface area contributed by atoms with Crippen LogP contribution in [0, 0.1) is 0 Å². The summed E-state index contributed by atoms with van der Waals surface area (Å²) >= 11 is 0. The highest BCUT2D eigenvalue weighted by Gasteiger charge is 2.33. The predicted molar refractivity (Wildman–Crippen MR) is 178 cm³/mol. The van der Waals surface area contributed by atoms with E-state index in [0.717, 1.165) is 27.8 Å². The van der Waals surface area contributed by atoms with Gasteiger partial charge in [0, 0.05) is 26.2 Å². The number of hydrogen-bond acceptors (Lipinski definition) is 4. The SMILES string of the molecule is CCN(CC)C(=O)N(N)N(Cc1ccccc1)Cc1ccccc1.OC(c1ccccc1)(c1ccccc1)c1ccccc1. The topological polar surface area (TPSA) is 73.0 Å². The third-order valence-electron chi connectivity index (χ3n) is 7.53. The Kier molecular flexibility index (Phi) is 11.8. The number of nitrogens with two attached hydrogens (primary N) is 1. The zero-order chi connectivity index (χ0) is 31.2. The first-order valence-electron chi connectivity index (χ1n) is 15.0. The van der Waals surface area contributed by atoms with Crippen LogP contribution in [-0.2, 0) is 18.7 Å². The van der Waals surface area contributed by atoms with Gasteiger partial charge in [-0.2, -0.15) is 10.1 Å². The molecule has 0 aliphatic carbocycles. The van der Waals surface area contributed by atoms with Crippen molar-refractivity contribution < 1.29 is 9.90 Å². The van der Waals surface area contributed by atoms with Gasteiger partial charge in [0.15, 0.2) is 0 Å². The zero-order valence-electron chi connectivity index (χ0n) is 25.5. The van der Waals surface area contributed by atoms with Gasteiger partial charge in [-0.15, -0.1) is 0 Å². The fourth-order valence-corrected chi connectivity index (χ4v) is 5.09. The average Bonchev–Trinajstić information content (AvgIpc) is 3.10. The molecule has 0 fully saturated rings. The number of urea groups is 1. The van der Waals surface area contributed by atoms with E-state index < -0.39 is 5.60 Å². The molecule has 6 nitrogen and oxygen atoms in total. The molecule has 5 rings (SSSR count). The number of benzene rings is 5. The fourth-order valence-electron chi connectivity index (χ4n) is 5.09. The molecule has 44 heavy (non-hydrogen) atoms. The zero-order valence-corrected chi connectivity index (χ0v) is 25.5. The second-order valence-electron chi connectivity index (χ2n) is 10.4. The number of carbonyl (C=O) groups excluding carboxylic acids is 1. The second kappa shape index (κ2) is 16.2. The Bertz CT molecular complexity index is 1380. The van der Waals surface area contributed by atoms with Crippen molar-refractivity contribution in [3.63, 3.8) is 0 Å². The fraction of sp³-hybridized carbons (Fsp3) is 0.184. The highest BCUT2D eigenvalue weighted by atomic mass is 16.3. The largest absolute Gasteiger partial charge is 0.376 e. The molecule has 2 amide bonds. The Labute approximate surface area is 261 Å². The summed E-state index contributed by atoms with van der Waals surface area (Å²) in [5, 5.41) is 14.5. The van der Waals surface area contributed by atoms with E-state index in [2.05, 4.69) is 0 Å². The summed E-state index contributed by atoms with van der Waals surface area (Å²) in [5.74, 6) is 6.18. The van der Waals surface area contributed by atoms with Crippen LogP contribution in [0.25, 0.3) is 0 Å². The molecule has 0 saturated heterocycles. The third-order valence-corrected chi connectivity index (χ3v) is 7.53. The molecule has 5 aromatic carbocycles. The lowest BCUT2D eigenvalue weighted by molar-refractivity contribution is -0.0168. The van der Waals surface area contributed by atoms with Crippen molar-refractivity contribution in [2.24, 2.45) is 5.84 Å². The molecule has 0 bridgehead atoms. The molecule has 0 atom stereocenters. The Morgan fingerprint density at radius 2 is 0.864 bits per heavy atom. The minimum Gasteiger partial charge on any atom is -0.376 e. The predicted octanol–water partition coefficient (Wildman–Crippen LogP) is 7.21. The van der Waals surface area contributed by atoms with Crippen LogP contribution in [0.5, 0.6) is 0 Å². The smallest absolute Gasteiger partial charge is 0.349 e. The first-order valence-corrected chi connectivity index (χ1v) is 15.0. The van der Waals surface area contributed by atoms with Crippen molar-refractivity contribution in [3.05, 3.63) is 179 Å². The van der Waals surface area contributed by atoms with Crippen LogP contribution in [0.3, 0.4) is 0 Å². The molecule has 0 heterocycles. The molecule has 3 N–H and O–H groups in total. The summed E-state index contributed by atoms with van der Waals surface area (Å²) in [6.45, 7) is 6.31. The molecule has 0 saturated carbocycles. The number of amides is 2. The van der Waals surface area contributed by atoms with Crippen molar-refractivity contribution in [3.8, 4) is 0 Å². The van der Waals surface area contributed by atoms with Gasteiger partial charge in [-0.05, 0) is 41.7 Å². The van der Waals surface area contributed by atoms with Gasteiger partial charge in [0.1, 0.15) is 5.60 Å². The Hall–Kier alpha value is -4.75. The van der Waals surface area contributed by atoms with E-state index in [4.69, 9.17) is 5.84 Å². The van der Waals surface area contributed by atoms with Crippen LogP contribution in [0.1, 0.15) is 41.7 Å². The summed E-state index contributed by atoms with van der Waals surface area (Å²) in [5.41, 5.74) is 3.71. The lowest BCUT2D eigenvalue weighted by Gasteiger charge is -2.34. The maximum atomic E-state index is 12.6. The maximum absolute atomic E-state index is 12.6. The Morgan fingerprint density at radius 3 is 1.16 bits per heavy atom. The second-order valence-corrected chi connectivity index (χ2v) is 10.4. The Balaban J connectivity index is 0.000000204. The highest BCUT2D eigenvalue weighted by Crippen LogP contribution is 2.36. The first-order chi connectivity index (χ1) is 21.5. The van der Waals surface area contributed by atoms with Crippen molar-refractivity contribution in [2.75, 3.05) is 13.1 Å².